The molecule has 4 N–H and O–H groups in total. The van der Waals surface area contributed by atoms with E-state index in [-0.39, 0.29) is 17.6 Å². The Morgan fingerprint density at radius 3 is 2.26 bits per heavy atom. The van der Waals surface area contributed by atoms with Gasteiger partial charge in [0.1, 0.15) is 0 Å². The molecule has 1 aromatic carbocycles. The van der Waals surface area contributed by atoms with Gasteiger partial charge in [-0.25, -0.2) is 8.42 Å². The lowest BCUT2D eigenvalue weighted by molar-refractivity contribution is -0.118. The van der Waals surface area contributed by atoms with Gasteiger partial charge in [0, 0.05) is 11.4 Å². The van der Waals surface area contributed by atoms with E-state index in [4.69, 9.17) is 5.73 Å². The molecular weight excluding hydrogens is 314 g/mol. The molecule has 0 heterocycles. The average Bonchev–Trinajstić information content (AvgIpc) is 2.53. The minimum Gasteiger partial charge on any atom is -0.325 e. The molecule has 0 saturated heterocycles. The highest BCUT2D eigenvalue weighted by Crippen LogP contribution is 2.16. The molecule has 0 radical (unpaired) electrons. The molecule has 7 heteroatoms. The third-order valence-electron chi connectivity index (χ3n) is 3.75. The predicted octanol–water partition coefficient (Wildman–Crippen LogP) is 2.54. The molecule has 0 aliphatic carbocycles. The van der Waals surface area contributed by atoms with Gasteiger partial charge >= 0.3 is 0 Å². The number of carbonyl (C=O) groups excluding carboxylic acids is 1. The lowest BCUT2D eigenvalue weighted by Gasteiger charge is -2.17. The van der Waals surface area contributed by atoms with E-state index >= 15 is 0 Å². The van der Waals surface area contributed by atoms with Gasteiger partial charge in [0.25, 0.3) is 0 Å². The van der Waals surface area contributed by atoms with Crippen molar-refractivity contribution in [3.8, 4) is 0 Å². The smallest absolute Gasteiger partial charge is 0.241 e. The molecular formula is C16H27N3O3S. The van der Waals surface area contributed by atoms with Gasteiger partial charge in [0.05, 0.1) is 11.8 Å². The van der Waals surface area contributed by atoms with Crippen molar-refractivity contribution < 1.29 is 13.2 Å². The highest BCUT2D eigenvalue weighted by molar-refractivity contribution is 7.92. The Kier molecular flexibility index (Phi) is 7.51. The molecule has 0 aliphatic rings. The zero-order valence-electron chi connectivity index (χ0n) is 14.0. The second-order valence-corrected chi connectivity index (χ2v) is 7.59. The molecule has 130 valence electrons. The van der Waals surface area contributed by atoms with Crippen molar-refractivity contribution in [3.63, 3.8) is 0 Å². The predicted molar refractivity (Wildman–Crippen MR) is 94.8 cm³/mol. The molecule has 6 nitrogen and oxygen atoms in total. The number of amides is 1. The van der Waals surface area contributed by atoms with E-state index in [1.807, 2.05) is 20.8 Å². The lowest BCUT2D eigenvalue weighted by Crippen LogP contribution is -2.40. The van der Waals surface area contributed by atoms with Gasteiger partial charge < -0.3 is 11.1 Å². The van der Waals surface area contributed by atoms with Gasteiger partial charge in [0.15, 0.2) is 0 Å². The summed E-state index contributed by atoms with van der Waals surface area (Å²) < 4.78 is 26.2. The molecule has 0 bridgehead atoms. The maximum absolute atomic E-state index is 12.0. The first kappa shape index (κ1) is 19.4. The van der Waals surface area contributed by atoms with Crippen LogP contribution in [0, 0.1) is 5.92 Å². The number of unbranched alkanes of at least 4 members (excludes halogenated alkanes) is 1. The molecule has 0 aliphatic heterocycles. The van der Waals surface area contributed by atoms with Crippen LogP contribution in [0.1, 0.15) is 40.0 Å². The molecule has 1 amide bonds. The van der Waals surface area contributed by atoms with Crippen molar-refractivity contribution in [2.75, 3.05) is 15.8 Å². The van der Waals surface area contributed by atoms with E-state index in [0.29, 0.717) is 17.8 Å². The third-order valence-corrected chi connectivity index (χ3v) is 5.13. The fourth-order valence-corrected chi connectivity index (χ4v) is 3.19. The van der Waals surface area contributed by atoms with Gasteiger partial charge in [-0.05, 0) is 36.6 Å². The molecule has 2 atom stereocenters. The topological polar surface area (TPSA) is 101 Å². The number of sulfonamides is 1. The summed E-state index contributed by atoms with van der Waals surface area (Å²) in [7, 11) is -3.32. The van der Waals surface area contributed by atoms with Crippen molar-refractivity contribution in [1.29, 1.82) is 0 Å². The second-order valence-electron chi connectivity index (χ2n) is 5.75. The van der Waals surface area contributed by atoms with E-state index in [0.717, 1.165) is 12.8 Å². The average molecular weight is 341 g/mol. The minimum atomic E-state index is -3.32. The Morgan fingerprint density at radius 2 is 1.74 bits per heavy atom. The summed E-state index contributed by atoms with van der Waals surface area (Å²) in [6.45, 7) is 5.85. The number of hydrogen-bond donors (Lipinski definition) is 3. The first-order valence-corrected chi connectivity index (χ1v) is 9.61. The highest BCUT2D eigenvalue weighted by Gasteiger charge is 2.19. The quantitative estimate of drug-likeness (QED) is 0.642. The summed E-state index contributed by atoms with van der Waals surface area (Å²) in [5, 5.41) is 2.74. The minimum absolute atomic E-state index is 0.0969. The Labute approximate surface area is 138 Å². The van der Waals surface area contributed by atoms with Gasteiger partial charge in [-0.2, -0.15) is 0 Å². The molecule has 2 unspecified atom stereocenters. The fourth-order valence-electron chi connectivity index (χ4n) is 1.92. The fraction of sp³-hybridized carbons (Fsp3) is 0.562. The number of nitrogens with one attached hydrogen (secondary N) is 2. The molecule has 1 aromatic rings. The molecule has 1 rings (SSSR count). The molecule has 0 saturated carbocycles. The number of anilines is 2. The van der Waals surface area contributed by atoms with Crippen molar-refractivity contribution >= 4 is 27.3 Å². The maximum Gasteiger partial charge on any atom is 0.241 e. The van der Waals surface area contributed by atoms with Crippen LogP contribution in [0.2, 0.25) is 0 Å². The monoisotopic (exact) mass is 341 g/mol. The van der Waals surface area contributed by atoms with Crippen molar-refractivity contribution in [2.45, 2.75) is 46.1 Å². The zero-order valence-corrected chi connectivity index (χ0v) is 14.8. The Bertz CT molecular complexity index is 600. The van der Waals surface area contributed by atoms with Crippen molar-refractivity contribution in [2.24, 2.45) is 11.7 Å². The molecule has 0 spiro atoms. The highest BCUT2D eigenvalue weighted by atomic mass is 32.2. The Hall–Kier alpha value is -1.60. The molecule has 0 aromatic heterocycles. The van der Waals surface area contributed by atoms with Crippen LogP contribution in [0.15, 0.2) is 24.3 Å². The van der Waals surface area contributed by atoms with E-state index in [2.05, 4.69) is 10.0 Å². The van der Waals surface area contributed by atoms with Crippen LogP contribution in [-0.4, -0.2) is 26.1 Å². The van der Waals surface area contributed by atoms with E-state index in [9.17, 15) is 13.2 Å². The van der Waals surface area contributed by atoms with E-state index in [1.165, 1.54) is 0 Å². The third kappa shape index (κ3) is 6.58. The standard InChI is InChI=1S/C16H27N3O3S/c1-4-6-11-23(21,22)19-14-9-7-13(8-10-14)18-16(20)15(17)12(3)5-2/h7-10,12,15,19H,4-6,11,17H2,1-3H3,(H,18,20). The van der Waals surface area contributed by atoms with Crippen molar-refractivity contribution in [1.82, 2.24) is 0 Å². The van der Waals surface area contributed by atoms with Crippen LogP contribution in [-0.2, 0) is 14.8 Å². The summed E-state index contributed by atoms with van der Waals surface area (Å²) in [6.07, 6.45) is 2.27. The number of nitrogens with two attached hydrogens (primary N) is 1. The van der Waals surface area contributed by atoms with Crippen LogP contribution in [0.3, 0.4) is 0 Å². The summed E-state index contributed by atoms with van der Waals surface area (Å²) in [6, 6.07) is 5.98. The first-order valence-electron chi connectivity index (χ1n) is 7.96. The molecule has 23 heavy (non-hydrogen) atoms. The van der Waals surface area contributed by atoms with Crippen LogP contribution < -0.4 is 15.8 Å². The zero-order chi connectivity index (χ0) is 17.5. The van der Waals surface area contributed by atoms with Crippen LogP contribution >= 0.6 is 0 Å². The van der Waals surface area contributed by atoms with E-state index < -0.39 is 16.1 Å². The second kappa shape index (κ2) is 8.88. The van der Waals surface area contributed by atoms with Gasteiger partial charge in [-0.1, -0.05) is 33.6 Å². The van der Waals surface area contributed by atoms with Gasteiger partial charge in [-0.15, -0.1) is 0 Å². The summed E-state index contributed by atoms with van der Waals surface area (Å²) in [5.74, 6) is -0.0403. The van der Waals surface area contributed by atoms with Gasteiger partial charge in [-0.3, -0.25) is 9.52 Å². The van der Waals surface area contributed by atoms with Crippen molar-refractivity contribution in [3.05, 3.63) is 24.3 Å². The number of hydrogen-bond acceptors (Lipinski definition) is 4. The first-order chi connectivity index (χ1) is 10.8. The summed E-state index contributed by atoms with van der Waals surface area (Å²) in [4.78, 5) is 12.0. The van der Waals surface area contributed by atoms with Crippen LogP contribution in [0.4, 0.5) is 11.4 Å². The van der Waals surface area contributed by atoms with Crippen LogP contribution in [0.5, 0.6) is 0 Å². The lowest BCUT2D eigenvalue weighted by atomic mass is 9.99. The number of rotatable bonds is 9. The number of benzene rings is 1. The Balaban J connectivity index is 2.65. The maximum atomic E-state index is 12.0. The summed E-state index contributed by atoms with van der Waals surface area (Å²) in [5.41, 5.74) is 6.94. The SMILES string of the molecule is CCCCS(=O)(=O)Nc1ccc(NC(=O)C(N)C(C)CC)cc1. The van der Waals surface area contributed by atoms with Crippen LogP contribution in [0.25, 0.3) is 0 Å². The van der Waals surface area contributed by atoms with Gasteiger partial charge in [0.2, 0.25) is 15.9 Å². The Morgan fingerprint density at radius 1 is 1.17 bits per heavy atom. The van der Waals surface area contributed by atoms with E-state index in [1.54, 1.807) is 24.3 Å². The number of carbonyl (C=O) groups is 1. The summed E-state index contributed by atoms with van der Waals surface area (Å²) >= 11 is 0. The largest absolute Gasteiger partial charge is 0.325 e. The molecule has 0 fully saturated rings. The normalized spacial score (nSPS) is 14.1.